The van der Waals surface area contributed by atoms with Crippen LogP contribution < -0.4 is 5.32 Å². The molecular weight excluding hydrogens is 378 g/mol. The van der Waals surface area contributed by atoms with Gasteiger partial charge in [0.05, 0.1) is 17.7 Å². The minimum absolute atomic E-state index is 0.269. The van der Waals surface area contributed by atoms with Crippen molar-refractivity contribution in [2.24, 2.45) is 0 Å². The molecule has 148 valence electrons. The summed E-state index contributed by atoms with van der Waals surface area (Å²) in [4.78, 5) is 38.0. The van der Waals surface area contributed by atoms with Crippen molar-refractivity contribution < 1.29 is 23.9 Å². The van der Waals surface area contributed by atoms with Gasteiger partial charge in [-0.3, -0.25) is 4.79 Å². The lowest BCUT2D eigenvalue weighted by Crippen LogP contribution is -2.22. The van der Waals surface area contributed by atoms with Crippen LogP contribution in [0, 0.1) is 6.92 Å². The summed E-state index contributed by atoms with van der Waals surface area (Å²) in [5, 5.41) is 3.20. The van der Waals surface area contributed by atoms with Crippen molar-refractivity contribution in [1.82, 2.24) is 0 Å². The number of nitrogens with one attached hydrogen (secondary N) is 1. The third kappa shape index (κ3) is 4.42. The topological polar surface area (TPSA) is 81.7 Å². The molecule has 0 radical (unpaired) electrons. The molecule has 0 saturated heterocycles. The highest BCUT2D eigenvalue weighted by atomic mass is 32.1. The maximum absolute atomic E-state index is 12.4. The quantitative estimate of drug-likeness (QED) is 0.742. The standard InChI is InChI=1S/C21H23NO5S/c1-3-26-21(25)18-15-10-6-7-11-16(15)28-19(18)22-17(23)12-27-20(24)14-9-5-4-8-13(14)2/h4-5,8-9H,3,6-7,10-12H2,1-2H3,(H,22,23). The van der Waals surface area contributed by atoms with Crippen molar-refractivity contribution >= 4 is 34.2 Å². The zero-order valence-corrected chi connectivity index (χ0v) is 16.8. The monoisotopic (exact) mass is 401 g/mol. The lowest BCUT2D eigenvalue weighted by Gasteiger charge is -2.12. The van der Waals surface area contributed by atoms with Crippen LogP contribution in [0.5, 0.6) is 0 Å². The number of esters is 2. The van der Waals surface area contributed by atoms with Gasteiger partial charge in [-0.15, -0.1) is 11.3 Å². The van der Waals surface area contributed by atoms with Gasteiger partial charge in [-0.25, -0.2) is 9.59 Å². The van der Waals surface area contributed by atoms with E-state index in [9.17, 15) is 14.4 Å². The van der Waals surface area contributed by atoms with Crippen LogP contribution in [0.2, 0.25) is 0 Å². The van der Waals surface area contributed by atoms with E-state index in [1.165, 1.54) is 11.3 Å². The van der Waals surface area contributed by atoms with Crippen molar-refractivity contribution in [3.63, 3.8) is 0 Å². The highest BCUT2D eigenvalue weighted by Gasteiger charge is 2.27. The zero-order valence-electron chi connectivity index (χ0n) is 16.0. The first-order valence-corrected chi connectivity index (χ1v) is 10.2. The molecular formula is C21H23NO5S. The third-order valence-corrected chi connectivity index (χ3v) is 5.81. The number of fused-ring (bicyclic) bond motifs is 1. The van der Waals surface area contributed by atoms with Gasteiger partial charge in [0.2, 0.25) is 0 Å². The molecule has 1 aromatic heterocycles. The fourth-order valence-corrected chi connectivity index (χ4v) is 4.54. The van der Waals surface area contributed by atoms with Crippen molar-refractivity contribution in [2.75, 3.05) is 18.5 Å². The second kappa shape index (κ2) is 9.01. The number of carbonyl (C=O) groups is 3. The van der Waals surface area contributed by atoms with Gasteiger partial charge in [0.1, 0.15) is 5.00 Å². The van der Waals surface area contributed by atoms with Crippen molar-refractivity contribution in [3.05, 3.63) is 51.4 Å². The second-order valence-electron chi connectivity index (χ2n) is 6.57. The van der Waals surface area contributed by atoms with Gasteiger partial charge < -0.3 is 14.8 Å². The van der Waals surface area contributed by atoms with Crippen molar-refractivity contribution in [1.29, 1.82) is 0 Å². The Morgan fingerprint density at radius 3 is 2.57 bits per heavy atom. The number of amides is 1. The van der Waals surface area contributed by atoms with Gasteiger partial charge in [0.25, 0.3) is 5.91 Å². The minimum Gasteiger partial charge on any atom is -0.462 e. The molecule has 1 amide bonds. The Kier molecular flexibility index (Phi) is 6.46. The molecule has 0 spiro atoms. The van der Waals surface area contributed by atoms with E-state index in [0.29, 0.717) is 16.1 Å². The number of aryl methyl sites for hydroxylation is 2. The Morgan fingerprint density at radius 2 is 1.82 bits per heavy atom. The first-order valence-electron chi connectivity index (χ1n) is 9.35. The van der Waals surface area contributed by atoms with E-state index in [1.807, 2.05) is 6.07 Å². The predicted molar refractivity (Wildman–Crippen MR) is 107 cm³/mol. The molecule has 0 aliphatic heterocycles. The fraction of sp³-hybridized carbons (Fsp3) is 0.381. The first kappa shape index (κ1) is 20.1. The van der Waals surface area contributed by atoms with Crippen LogP contribution in [-0.2, 0) is 27.1 Å². The van der Waals surface area contributed by atoms with Crippen LogP contribution >= 0.6 is 11.3 Å². The number of benzene rings is 1. The van der Waals surface area contributed by atoms with Gasteiger partial charge in [-0.2, -0.15) is 0 Å². The SMILES string of the molecule is CCOC(=O)c1c(NC(=O)COC(=O)c2ccccc2C)sc2c1CCCC2. The molecule has 1 heterocycles. The molecule has 6 nitrogen and oxygen atoms in total. The Labute approximate surface area is 167 Å². The lowest BCUT2D eigenvalue weighted by atomic mass is 9.95. The molecule has 0 saturated carbocycles. The number of thiophene rings is 1. The van der Waals surface area contributed by atoms with E-state index in [-0.39, 0.29) is 6.61 Å². The Bertz CT molecular complexity index is 902. The lowest BCUT2D eigenvalue weighted by molar-refractivity contribution is -0.119. The number of ether oxygens (including phenoxy) is 2. The molecule has 1 aliphatic carbocycles. The molecule has 1 N–H and O–H groups in total. The molecule has 28 heavy (non-hydrogen) atoms. The fourth-order valence-electron chi connectivity index (χ4n) is 3.25. The summed E-state index contributed by atoms with van der Waals surface area (Å²) >= 11 is 1.40. The molecule has 2 aromatic rings. The number of rotatable bonds is 6. The maximum Gasteiger partial charge on any atom is 0.341 e. The summed E-state index contributed by atoms with van der Waals surface area (Å²) in [7, 11) is 0. The predicted octanol–water partition coefficient (Wildman–Crippen LogP) is 3.91. The van der Waals surface area contributed by atoms with Crippen LogP contribution in [0.3, 0.4) is 0 Å². The molecule has 1 aliphatic rings. The Morgan fingerprint density at radius 1 is 1.07 bits per heavy atom. The summed E-state index contributed by atoms with van der Waals surface area (Å²) < 4.78 is 10.3. The van der Waals surface area contributed by atoms with Crippen LogP contribution in [0.15, 0.2) is 24.3 Å². The average molecular weight is 401 g/mol. The van der Waals surface area contributed by atoms with E-state index in [1.54, 1.807) is 32.0 Å². The summed E-state index contributed by atoms with van der Waals surface area (Å²) in [6, 6.07) is 7.03. The summed E-state index contributed by atoms with van der Waals surface area (Å²) in [5.74, 6) is -1.45. The highest BCUT2D eigenvalue weighted by Crippen LogP contribution is 2.38. The van der Waals surface area contributed by atoms with Gasteiger partial charge in [-0.05, 0) is 56.7 Å². The molecule has 3 rings (SSSR count). The molecule has 0 atom stereocenters. The average Bonchev–Trinajstić information content (AvgIpc) is 3.04. The van der Waals surface area contributed by atoms with Crippen LogP contribution in [0.25, 0.3) is 0 Å². The number of anilines is 1. The van der Waals surface area contributed by atoms with Crippen LogP contribution in [0.4, 0.5) is 5.00 Å². The second-order valence-corrected chi connectivity index (χ2v) is 7.68. The van der Waals surface area contributed by atoms with Crippen LogP contribution in [-0.4, -0.2) is 31.1 Å². The summed E-state index contributed by atoms with van der Waals surface area (Å²) in [5.41, 5.74) is 2.62. The van der Waals surface area contributed by atoms with Crippen LogP contribution in [0.1, 0.15) is 56.5 Å². The molecule has 0 fully saturated rings. The highest BCUT2D eigenvalue weighted by molar-refractivity contribution is 7.17. The van der Waals surface area contributed by atoms with Gasteiger partial charge in [-0.1, -0.05) is 18.2 Å². The first-order chi connectivity index (χ1) is 13.5. The molecule has 0 bridgehead atoms. The molecule has 7 heteroatoms. The smallest absolute Gasteiger partial charge is 0.341 e. The van der Waals surface area contributed by atoms with E-state index < -0.39 is 24.5 Å². The Balaban J connectivity index is 1.70. The number of hydrogen-bond donors (Lipinski definition) is 1. The van der Waals surface area contributed by atoms with E-state index >= 15 is 0 Å². The third-order valence-electron chi connectivity index (χ3n) is 4.60. The molecule has 0 unspecified atom stereocenters. The van der Waals surface area contributed by atoms with Gasteiger partial charge >= 0.3 is 11.9 Å². The van der Waals surface area contributed by atoms with Crippen molar-refractivity contribution in [3.8, 4) is 0 Å². The number of carbonyl (C=O) groups excluding carboxylic acids is 3. The van der Waals surface area contributed by atoms with Crippen molar-refractivity contribution in [2.45, 2.75) is 39.5 Å². The van der Waals surface area contributed by atoms with E-state index in [0.717, 1.165) is 41.7 Å². The number of hydrogen-bond acceptors (Lipinski definition) is 6. The van der Waals surface area contributed by atoms with Gasteiger partial charge in [0.15, 0.2) is 6.61 Å². The van der Waals surface area contributed by atoms with E-state index in [4.69, 9.17) is 9.47 Å². The largest absolute Gasteiger partial charge is 0.462 e. The summed E-state index contributed by atoms with van der Waals surface area (Å²) in [6.45, 7) is 3.40. The maximum atomic E-state index is 12.4. The Hall–Kier alpha value is -2.67. The van der Waals surface area contributed by atoms with E-state index in [2.05, 4.69) is 5.32 Å². The molecule has 1 aromatic carbocycles. The minimum atomic E-state index is -0.552. The van der Waals surface area contributed by atoms with Gasteiger partial charge in [0, 0.05) is 4.88 Å². The normalized spacial score (nSPS) is 12.8. The zero-order chi connectivity index (χ0) is 20.1. The summed E-state index contributed by atoms with van der Waals surface area (Å²) in [6.07, 6.45) is 3.78.